The summed E-state index contributed by atoms with van der Waals surface area (Å²) >= 11 is 0. The van der Waals surface area contributed by atoms with Gasteiger partial charge >= 0.3 is 11.9 Å². The van der Waals surface area contributed by atoms with Gasteiger partial charge in [-0.05, 0) is 77.9 Å². The van der Waals surface area contributed by atoms with Crippen LogP contribution < -0.4 is 19.6 Å². The number of fused-ring (bicyclic) bond motifs is 1. The van der Waals surface area contributed by atoms with Gasteiger partial charge in [-0.3, -0.25) is 4.79 Å². The van der Waals surface area contributed by atoms with Crippen molar-refractivity contribution in [3.05, 3.63) is 112 Å². The van der Waals surface area contributed by atoms with Gasteiger partial charge in [0, 0.05) is 29.8 Å². The largest absolute Gasteiger partial charge is 0.508 e. The van der Waals surface area contributed by atoms with Crippen LogP contribution in [-0.4, -0.2) is 197 Å². The van der Waals surface area contributed by atoms with E-state index in [0.717, 1.165) is 30.4 Å². The first-order valence-electron chi connectivity index (χ1n) is 23.7. The van der Waals surface area contributed by atoms with Gasteiger partial charge in [0.2, 0.25) is 12.6 Å². The Morgan fingerprint density at radius 3 is 1.72 bits per heavy atom. The van der Waals surface area contributed by atoms with E-state index in [-0.39, 0.29) is 57.0 Å². The number of aliphatic hydroxyl groups is 9. The number of hydrogen-bond acceptors (Lipinski definition) is 26. The van der Waals surface area contributed by atoms with Gasteiger partial charge in [0.1, 0.15) is 97.6 Å². The van der Waals surface area contributed by atoms with E-state index < -0.39 is 141 Å². The summed E-state index contributed by atoms with van der Waals surface area (Å²) in [6.45, 7) is -2.39. The van der Waals surface area contributed by atoms with Crippen LogP contribution in [0.5, 0.6) is 40.2 Å². The Labute approximate surface area is 440 Å². The Kier molecular flexibility index (Phi) is 17.8. The second-order valence-electron chi connectivity index (χ2n) is 18.0. The van der Waals surface area contributed by atoms with Crippen LogP contribution in [0.15, 0.2) is 100 Å². The lowest BCUT2D eigenvalue weighted by atomic mass is 9.97. The van der Waals surface area contributed by atoms with Gasteiger partial charge in [-0.15, -0.1) is 0 Å². The number of esters is 2. The van der Waals surface area contributed by atoms with Gasteiger partial charge in [0.15, 0.2) is 52.3 Å². The smallest absolute Gasteiger partial charge is 0.330 e. The number of aliphatic hydroxyl groups excluding tert-OH is 9. The van der Waals surface area contributed by atoms with Crippen LogP contribution in [0.25, 0.3) is 34.8 Å². The lowest BCUT2D eigenvalue weighted by Gasteiger charge is -2.46. The van der Waals surface area contributed by atoms with E-state index in [0.29, 0.717) is 5.56 Å². The van der Waals surface area contributed by atoms with Crippen molar-refractivity contribution in [2.24, 2.45) is 0 Å². The van der Waals surface area contributed by atoms with Crippen molar-refractivity contribution >= 4 is 24.1 Å². The fourth-order valence-electron chi connectivity index (χ4n) is 8.37. The third-order valence-electron chi connectivity index (χ3n) is 12.7. The number of phenolic OH excluding ortho intramolecular Hbond substituents is 4. The molecule has 418 valence electrons. The van der Waals surface area contributed by atoms with Gasteiger partial charge < -0.3 is 113 Å². The zero-order valence-electron chi connectivity index (χ0n) is 40.7. The molecule has 8 rings (SSSR count). The standard InChI is InChI=1S/C52H54O26/c1-69-33-15-23(3-11-29(33)57)5-13-39(60)71-21-37-42(63)45(66)49(78-51-47(68)44(65)41(62)36(76-51)20-70-38(59)12-4-22-2-10-28(56)30(58)14-22)52(77-37)74-34-18-27-31(72-48(34)24-6-8-25(54)9-7-24)16-26(55)17-32(27)73-50-46(67)43(64)40(61)35(19-53)75-50/h2-18,35-37,40-47,49-54,56-58,61-68H,19-21H2,1H3/t35-,36-,37-,40-,41-,42-,43+,44+,45+,46-,47-,49-,50-,51+,52-/m1/s1. The second kappa shape index (κ2) is 24.5. The Bertz CT molecular complexity index is 2980. The molecule has 3 aromatic rings. The minimum Gasteiger partial charge on any atom is -0.508 e. The number of carbonyl (C=O) groups is 2. The molecule has 0 unspecified atom stereocenters. The molecular formula is C52H54O26. The highest BCUT2D eigenvalue weighted by Crippen LogP contribution is 2.44. The molecule has 15 atom stereocenters. The molecule has 1 aliphatic carbocycles. The minimum absolute atomic E-state index is 0.107. The molecule has 26 nitrogen and oxygen atoms in total. The van der Waals surface area contributed by atoms with Crippen molar-refractivity contribution in [1.82, 2.24) is 0 Å². The SMILES string of the molecule is COc1cc(C=CC(=O)OC[C@H]2O[C@@H](Oc3cc4c(O[C@@H]5O[C@H](CO)[C@@H](O)[C@H](O)[C@H]5O)cc(=O)cc-4oc3-c3ccc(O)cc3)[C@H](O[C@@H]3O[C@H](COC(=O)C=Cc4ccc(O)c(O)c4)[C@@H](O)[C@H](O)[C@H]3O)[C@@H](O)[C@@H]2O)ccc1O. The highest BCUT2D eigenvalue weighted by atomic mass is 16.8. The fraction of sp³-hybridized carbons (Fsp3) is 0.365. The number of hydrogen-bond donors (Lipinski definition) is 13. The topological polar surface area (TPSA) is 410 Å². The molecule has 0 amide bonds. The molecule has 0 saturated carbocycles. The van der Waals surface area contributed by atoms with E-state index >= 15 is 0 Å². The zero-order chi connectivity index (χ0) is 56.1. The van der Waals surface area contributed by atoms with Crippen molar-refractivity contribution < 1.29 is 123 Å². The lowest BCUT2D eigenvalue weighted by molar-refractivity contribution is -0.358. The summed E-state index contributed by atoms with van der Waals surface area (Å²) in [6, 6.07) is 16.4. The van der Waals surface area contributed by atoms with Crippen LogP contribution in [0.3, 0.4) is 0 Å². The molecule has 0 radical (unpaired) electrons. The molecule has 13 N–H and O–H groups in total. The van der Waals surface area contributed by atoms with Gasteiger partial charge in [-0.25, -0.2) is 9.59 Å². The number of carbonyl (C=O) groups excluding carboxylic acids is 2. The summed E-state index contributed by atoms with van der Waals surface area (Å²) in [5.74, 6) is -4.28. The maximum atomic E-state index is 13.1. The van der Waals surface area contributed by atoms with Crippen LogP contribution in [-0.2, 0) is 38.0 Å². The van der Waals surface area contributed by atoms with Crippen LogP contribution in [0.1, 0.15) is 11.1 Å². The van der Waals surface area contributed by atoms with E-state index in [1.807, 2.05) is 0 Å². The Balaban J connectivity index is 1.12. The van der Waals surface area contributed by atoms with Gasteiger partial charge in [-0.1, -0.05) is 12.1 Å². The molecule has 3 saturated heterocycles. The zero-order valence-corrected chi connectivity index (χ0v) is 40.7. The summed E-state index contributed by atoms with van der Waals surface area (Å²) in [5.41, 5.74) is 0.0213. The number of rotatable bonds is 17. The van der Waals surface area contributed by atoms with Crippen molar-refractivity contribution in [2.75, 3.05) is 26.9 Å². The third-order valence-corrected chi connectivity index (χ3v) is 12.7. The molecule has 0 spiro atoms. The number of phenols is 4. The first kappa shape index (κ1) is 56.8. The number of benzene rings is 4. The lowest BCUT2D eigenvalue weighted by Crippen LogP contribution is -2.65. The van der Waals surface area contributed by atoms with E-state index in [2.05, 4.69) is 0 Å². The van der Waals surface area contributed by atoms with E-state index in [9.17, 15) is 80.8 Å². The average molecular weight is 1090 g/mol. The summed E-state index contributed by atoms with van der Waals surface area (Å²) in [7, 11) is 1.32. The highest BCUT2D eigenvalue weighted by molar-refractivity contribution is 5.88. The molecule has 5 aliphatic rings. The average Bonchev–Trinajstić information content (AvgIpc) is 3.49. The Morgan fingerprint density at radius 2 is 1.10 bits per heavy atom. The molecule has 3 fully saturated rings. The number of aromatic hydroxyl groups is 4. The van der Waals surface area contributed by atoms with Crippen molar-refractivity contribution in [3.63, 3.8) is 0 Å². The van der Waals surface area contributed by atoms with Gasteiger partial charge in [0.05, 0.1) is 19.3 Å². The van der Waals surface area contributed by atoms with E-state index in [4.69, 9.17) is 47.0 Å². The minimum atomic E-state index is -2.14. The van der Waals surface area contributed by atoms with Gasteiger partial charge in [0.25, 0.3) is 0 Å². The highest BCUT2D eigenvalue weighted by Gasteiger charge is 2.52. The first-order chi connectivity index (χ1) is 37.2. The molecule has 3 aromatic carbocycles. The number of methoxy groups -OCH3 is 1. The first-order valence-corrected chi connectivity index (χ1v) is 23.7. The number of ether oxygens (including phenoxy) is 9. The van der Waals surface area contributed by atoms with Crippen LogP contribution in [0.2, 0.25) is 0 Å². The molecule has 4 heterocycles. The van der Waals surface area contributed by atoms with Crippen molar-refractivity contribution in [1.29, 1.82) is 0 Å². The molecule has 0 aromatic heterocycles. The van der Waals surface area contributed by atoms with E-state index in [1.54, 1.807) is 0 Å². The molecule has 4 aliphatic heterocycles. The van der Waals surface area contributed by atoms with E-state index in [1.165, 1.54) is 79.9 Å². The maximum Gasteiger partial charge on any atom is 0.330 e. The Hall–Kier alpha value is -7.41. The predicted molar refractivity (Wildman–Crippen MR) is 260 cm³/mol. The summed E-state index contributed by atoms with van der Waals surface area (Å²) in [5, 5.41) is 138. The van der Waals surface area contributed by atoms with Crippen LogP contribution >= 0.6 is 0 Å². The maximum absolute atomic E-state index is 13.1. The van der Waals surface area contributed by atoms with Crippen LogP contribution in [0, 0.1) is 0 Å². The third kappa shape index (κ3) is 12.8. The molecule has 26 heteroatoms. The monoisotopic (exact) mass is 1090 g/mol. The van der Waals surface area contributed by atoms with Crippen molar-refractivity contribution in [2.45, 2.75) is 92.1 Å². The normalized spacial score (nSPS) is 29.3. The molecular weight excluding hydrogens is 1040 g/mol. The summed E-state index contributed by atoms with van der Waals surface area (Å²) < 4.78 is 57.7. The van der Waals surface area contributed by atoms with Crippen molar-refractivity contribution in [3.8, 4) is 62.9 Å². The predicted octanol–water partition coefficient (Wildman–Crippen LogP) is -1.05. The molecule has 78 heavy (non-hydrogen) atoms. The Morgan fingerprint density at radius 1 is 0.551 bits per heavy atom. The summed E-state index contributed by atoms with van der Waals surface area (Å²) in [4.78, 5) is 38.9. The fourth-order valence-corrected chi connectivity index (χ4v) is 8.37. The second-order valence-corrected chi connectivity index (χ2v) is 18.0. The molecule has 0 bridgehead atoms. The summed E-state index contributed by atoms with van der Waals surface area (Å²) in [6.07, 6.45) is -24.1. The van der Waals surface area contributed by atoms with Gasteiger partial charge in [-0.2, -0.15) is 0 Å². The van der Waals surface area contributed by atoms with Crippen LogP contribution in [0.4, 0.5) is 0 Å². The quantitative estimate of drug-likeness (QED) is 0.0300.